The van der Waals surface area contributed by atoms with Crippen molar-refractivity contribution in [1.82, 2.24) is 4.90 Å². The molecular weight excluding hydrogens is 464 g/mol. The molecule has 0 aromatic heterocycles. The molecule has 34 heavy (non-hydrogen) atoms. The van der Waals surface area contributed by atoms with Gasteiger partial charge in [0.2, 0.25) is 0 Å². The van der Waals surface area contributed by atoms with Crippen molar-refractivity contribution in [2.24, 2.45) is 16.8 Å². The Kier molecular flexibility index (Phi) is 6.74. The van der Waals surface area contributed by atoms with Gasteiger partial charge in [0.05, 0.1) is 56.2 Å². The maximum absolute atomic E-state index is 12.6. The minimum Gasteiger partial charge on any atom is -0.504 e. The summed E-state index contributed by atoms with van der Waals surface area (Å²) in [5, 5.41) is 0. The summed E-state index contributed by atoms with van der Waals surface area (Å²) in [5.74, 6) is -0.0749. The molecule has 3 aliphatic heterocycles. The summed E-state index contributed by atoms with van der Waals surface area (Å²) in [7, 11) is -0.522. The number of hydrogen-bond acceptors (Lipinski definition) is 9. The van der Waals surface area contributed by atoms with Gasteiger partial charge in [-0.1, -0.05) is 19.4 Å². The molecule has 4 rings (SSSR count). The number of esters is 1. The van der Waals surface area contributed by atoms with Crippen molar-refractivity contribution in [1.29, 1.82) is 0 Å². The van der Waals surface area contributed by atoms with Crippen LogP contribution in [0.2, 0.25) is 0 Å². The molecule has 0 spiro atoms. The largest absolute Gasteiger partial charge is 0.504 e. The first-order valence-corrected chi connectivity index (χ1v) is 12.5. The molecule has 1 aromatic rings. The number of carbonyl (C=O) groups excluding carboxylic acids is 1. The Morgan fingerprint density at radius 1 is 1.32 bits per heavy atom. The van der Waals surface area contributed by atoms with Crippen LogP contribution in [0.3, 0.4) is 0 Å². The Bertz CT molecular complexity index is 1130. The number of hydrogen-bond donors (Lipinski definition) is 1. The van der Waals surface area contributed by atoms with Crippen LogP contribution in [0.15, 0.2) is 35.0 Å². The molecule has 0 aliphatic carbocycles. The molecule has 1 aromatic carbocycles. The quantitative estimate of drug-likeness (QED) is 0.264. The normalized spacial score (nSPS) is 28.9. The van der Waals surface area contributed by atoms with Crippen LogP contribution in [-0.4, -0.2) is 70.0 Å². The topological polar surface area (TPSA) is 124 Å². The highest BCUT2D eigenvalue weighted by molar-refractivity contribution is 7.81. The highest BCUT2D eigenvalue weighted by atomic mass is 32.3. The average molecular weight is 495 g/mol. The van der Waals surface area contributed by atoms with Gasteiger partial charge >= 0.3 is 16.4 Å². The fourth-order valence-corrected chi connectivity index (χ4v) is 6.35. The van der Waals surface area contributed by atoms with Gasteiger partial charge in [0, 0.05) is 19.5 Å². The third-order valence-electron chi connectivity index (χ3n) is 7.14. The molecule has 11 heteroatoms. The molecule has 0 bridgehead atoms. The Hall–Kier alpha value is -2.47. The SMILES string of the molecule is CC[C@@H]1CN2CC[C@@]3(OS(=O)(=O)O)C(=Nc4cccc(OC)c43)[C@@H]2C[C@@H]1/C(=C\OC)C(=O)OC. The zero-order valence-corrected chi connectivity index (χ0v) is 20.5. The highest BCUT2D eigenvalue weighted by Gasteiger charge is 2.58. The number of carbonyl (C=O) groups is 1. The van der Waals surface area contributed by atoms with Gasteiger partial charge < -0.3 is 14.2 Å². The lowest BCUT2D eigenvalue weighted by atomic mass is 9.70. The third kappa shape index (κ3) is 4.10. The molecular formula is C23H30N2O8S. The number of rotatable bonds is 7. The molecule has 10 nitrogen and oxygen atoms in total. The van der Waals surface area contributed by atoms with Gasteiger partial charge in [-0.25, -0.2) is 8.98 Å². The van der Waals surface area contributed by atoms with E-state index >= 15 is 0 Å². The molecule has 186 valence electrons. The zero-order valence-electron chi connectivity index (χ0n) is 19.7. The van der Waals surface area contributed by atoms with Crippen LogP contribution in [0, 0.1) is 11.8 Å². The maximum atomic E-state index is 12.6. The van der Waals surface area contributed by atoms with E-state index in [0.29, 0.717) is 47.8 Å². The Morgan fingerprint density at radius 2 is 2.09 bits per heavy atom. The molecule has 4 atom stereocenters. The summed E-state index contributed by atoms with van der Waals surface area (Å²) in [6, 6.07) is 4.92. The molecule has 0 saturated carbocycles. The van der Waals surface area contributed by atoms with Gasteiger partial charge in [0.15, 0.2) is 5.60 Å². The summed E-state index contributed by atoms with van der Waals surface area (Å²) < 4.78 is 55.0. The number of methoxy groups -OCH3 is 3. The second-order valence-corrected chi connectivity index (χ2v) is 9.78. The smallest absolute Gasteiger partial charge is 0.398 e. The zero-order chi connectivity index (χ0) is 24.7. The van der Waals surface area contributed by atoms with Gasteiger partial charge in [-0.3, -0.25) is 14.4 Å². The molecule has 2 fully saturated rings. The van der Waals surface area contributed by atoms with Crippen molar-refractivity contribution < 1.29 is 36.2 Å². The highest BCUT2D eigenvalue weighted by Crippen LogP contribution is 2.54. The fraction of sp³-hybridized carbons (Fsp3) is 0.565. The standard InChI is InChI=1S/C23H30N2O8S/c1-5-14-12-25-10-9-23(33-34(27,28)29)20-17(7-6-8-19(20)31-3)24-21(23)18(25)11-15(14)16(13-30-2)22(26)32-4/h6-8,13-15,18H,5,9-12H2,1-4H3,(H,27,28,29)/b16-13+/t14-,15+,18+,23+/m1/s1. The lowest BCUT2D eigenvalue weighted by molar-refractivity contribution is -0.137. The van der Waals surface area contributed by atoms with Crippen LogP contribution < -0.4 is 4.74 Å². The molecule has 3 aliphatic rings. The summed E-state index contributed by atoms with van der Waals surface area (Å²) in [6.07, 6.45) is 3.01. The van der Waals surface area contributed by atoms with Crippen LogP contribution in [-0.2, 0) is 34.5 Å². The molecule has 0 unspecified atom stereocenters. The van der Waals surface area contributed by atoms with Crippen LogP contribution in [0.5, 0.6) is 5.75 Å². The van der Waals surface area contributed by atoms with Crippen molar-refractivity contribution in [2.45, 2.75) is 37.8 Å². The Morgan fingerprint density at radius 3 is 2.71 bits per heavy atom. The monoisotopic (exact) mass is 494 g/mol. The van der Waals surface area contributed by atoms with Crippen molar-refractivity contribution in [3.8, 4) is 5.75 Å². The van der Waals surface area contributed by atoms with Gasteiger partial charge in [0.1, 0.15) is 5.75 Å². The average Bonchev–Trinajstić information content (AvgIpc) is 3.14. The Labute approximate surface area is 199 Å². The van der Waals surface area contributed by atoms with Crippen molar-refractivity contribution in [2.75, 3.05) is 34.4 Å². The number of ether oxygens (including phenoxy) is 3. The van der Waals surface area contributed by atoms with Crippen molar-refractivity contribution in [3.63, 3.8) is 0 Å². The summed E-state index contributed by atoms with van der Waals surface area (Å²) in [6.45, 7) is 3.27. The van der Waals surface area contributed by atoms with Gasteiger partial charge in [-0.2, -0.15) is 8.42 Å². The molecule has 3 heterocycles. The van der Waals surface area contributed by atoms with Crippen LogP contribution >= 0.6 is 0 Å². The van der Waals surface area contributed by atoms with E-state index < -0.39 is 22.0 Å². The minimum atomic E-state index is -4.82. The second kappa shape index (κ2) is 9.29. The first kappa shape index (κ1) is 24.6. The van der Waals surface area contributed by atoms with Crippen LogP contribution in [0.25, 0.3) is 0 Å². The number of nitrogens with zero attached hydrogens (tertiary/aromatic N) is 2. The Balaban J connectivity index is 1.82. The van der Waals surface area contributed by atoms with E-state index in [9.17, 15) is 17.8 Å². The van der Waals surface area contributed by atoms with E-state index in [1.54, 1.807) is 18.2 Å². The maximum Gasteiger partial charge on any atom is 0.398 e. The van der Waals surface area contributed by atoms with E-state index in [2.05, 4.69) is 11.8 Å². The lowest BCUT2D eigenvalue weighted by Crippen LogP contribution is -2.61. The predicted octanol–water partition coefficient (Wildman–Crippen LogP) is 2.62. The minimum absolute atomic E-state index is 0.158. The summed E-state index contributed by atoms with van der Waals surface area (Å²) in [4.78, 5) is 19.6. The molecule has 2 saturated heterocycles. The molecule has 0 radical (unpaired) electrons. The van der Waals surface area contributed by atoms with Crippen molar-refractivity contribution in [3.05, 3.63) is 35.6 Å². The van der Waals surface area contributed by atoms with Crippen LogP contribution in [0.1, 0.15) is 31.7 Å². The van der Waals surface area contributed by atoms with Gasteiger partial charge in [0.25, 0.3) is 0 Å². The van der Waals surface area contributed by atoms with E-state index in [-0.39, 0.29) is 24.3 Å². The lowest BCUT2D eigenvalue weighted by Gasteiger charge is -2.50. The molecule has 1 N–H and O–H groups in total. The summed E-state index contributed by atoms with van der Waals surface area (Å²) >= 11 is 0. The van der Waals surface area contributed by atoms with Gasteiger partial charge in [-0.15, -0.1) is 0 Å². The van der Waals surface area contributed by atoms with E-state index in [4.69, 9.17) is 23.4 Å². The van der Waals surface area contributed by atoms with E-state index in [1.165, 1.54) is 27.6 Å². The number of fused-ring (bicyclic) bond motifs is 5. The second-order valence-electron chi connectivity index (χ2n) is 8.76. The third-order valence-corrected chi connectivity index (χ3v) is 7.64. The predicted molar refractivity (Wildman–Crippen MR) is 123 cm³/mol. The number of benzene rings is 1. The first-order chi connectivity index (χ1) is 16.2. The van der Waals surface area contributed by atoms with Crippen LogP contribution in [0.4, 0.5) is 5.69 Å². The molecule has 0 amide bonds. The van der Waals surface area contributed by atoms with Gasteiger partial charge in [-0.05, 0) is 30.4 Å². The number of aliphatic imine (C=N–C) groups is 1. The fourth-order valence-electron chi connectivity index (χ4n) is 5.74. The number of piperidine rings is 2. The van der Waals surface area contributed by atoms with E-state index in [1.807, 2.05) is 0 Å². The first-order valence-electron chi connectivity index (χ1n) is 11.2. The van der Waals surface area contributed by atoms with E-state index in [0.717, 1.165) is 6.42 Å². The van der Waals surface area contributed by atoms with Crippen molar-refractivity contribution >= 4 is 27.8 Å². The summed E-state index contributed by atoms with van der Waals surface area (Å²) in [5.41, 5.74) is 0.444.